The van der Waals surface area contributed by atoms with Crippen molar-refractivity contribution in [3.05, 3.63) is 42.0 Å². The molecule has 0 amide bonds. The Morgan fingerprint density at radius 1 is 1.06 bits per heavy atom. The van der Waals surface area contributed by atoms with Gasteiger partial charge in [0, 0.05) is 25.3 Å². The van der Waals surface area contributed by atoms with Crippen LogP contribution in [0.2, 0.25) is 0 Å². The number of hydrogen-bond donors (Lipinski definition) is 1. The van der Waals surface area contributed by atoms with E-state index in [9.17, 15) is 4.79 Å². The van der Waals surface area contributed by atoms with Crippen LogP contribution in [0.4, 0.5) is 23.0 Å². The fraction of sp³-hybridized carbons (Fsp3) is 0.480. The van der Waals surface area contributed by atoms with Crippen LogP contribution < -0.4 is 15.1 Å². The number of nitrogens with one attached hydrogen (secondary N) is 1. The number of carbonyl (C=O) groups excluding carboxylic acids is 1. The van der Waals surface area contributed by atoms with Crippen molar-refractivity contribution >= 4 is 34.8 Å². The smallest absolute Gasteiger partial charge is 0.337 e. The Kier molecular flexibility index (Phi) is 8.48. The van der Waals surface area contributed by atoms with Crippen LogP contribution in [0.25, 0.3) is 0 Å². The molecule has 2 heterocycles. The van der Waals surface area contributed by atoms with Crippen molar-refractivity contribution < 1.29 is 9.53 Å². The number of carbonyl (C=O) groups is 1. The Hall–Kier alpha value is -3.09. The molecule has 1 aromatic carbocycles. The standard InChI is InChI=1S/C25H35N5O2/c1-5-8-16-30(17-9-6-2)23-15-14-21-24(28-23)29(7-3)18-22(27-21)26-20-12-10-19(11-13-20)25(31)32-4/h10-15H,5-9,16-18H2,1-4H3,(H,26,27). The minimum atomic E-state index is -0.341. The van der Waals surface area contributed by atoms with Crippen LogP contribution in [0.3, 0.4) is 0 Å². The molecule has 1 N–H and O–H groups in total. The zero-order valence-electron chi connectivity index (χ0n) is 19.7. The highest BCUT2D eigenvalue weighted by molar-refractivity contribution is 6.03. The molecule has 0 fully saturated rings. The first-order valence-electron chi connectivity index (χ1n) is 11.6. The van der Waals surface area contributed by atoms with Gasteiger partial charge in [0.2, 0.25) is 0 Å². The van der Waals surface area contributed by atoms with E-state index in [2.05, 4.69) is 48.0 Å². The number of aromatic nitrogens is 1. The fourth-order valence-electron chi connectivity index (χ4n) is 3.71. The van der Waals surface area contributed by atoms with Crippen molar-refractivity contribution in [1.29, 1.82) is 0 Å². The number of rotatable bonds is 10. The minimum absolute atomic E-state index is 0.341. The number of fused-ring (bicyclic) bond motifs is 1. The first-order chi connectivity index (χ1) is 15.6. The Morgan fingerprint density at radius 3 is 2.34 bits per heavy atom. The van der Waals surface area contributed by atoms with Gasteiger partial charge in [-0.25, -0.2) is 14.8 Å². The van der Waals surface area contributed by atoms with Crippen molar-refractivity contribution in [2.45, 2.75) is 46.5 Å². The maximum absolute atomic E-state index is 11.6. The van der Waals surface area contributed by atoms with E-state index in [0.29, 0.717) is 12.1 Å². The number of anilines is 3. The van der Waals surface area contributed by atoms with Crippen molar-refractivity contribution in [3.63, 3.8) is 0 Å². The summed E-state index contributed by atoms with van der Waals surface area (Å²) < 4.78 is 4.76. The highest BCUT2D eigenvalue weighted by Gasteiger charge is 2.22. The van der Waals surface area contributed by atoms with Gasteiger partial charge in [-0.3, -0.25) is 0 Å². The summed E-state index contributed by atoms with van der Waals surface area (Å²) in [6, 6.07) is 11.4. The summed E-state index contributed by atoms with van der Waals surface area (Å²) in [5.74, 6) is 2.49. The predicted octanol–water partition coefficient (Wildman–Crippen LogP) is 5.26. The number of aliphatic imine (C=N–C) groups is 1. The van der Waals surface area contributed by atoms with Gasteiger partial charge in [-0.05, 0) is 56.2 Å². The lowest BCUT2D eigenvalue weighted by molar-refractivity contribution is 0.0601. The number of unbranched alkanes of at least 4 members (excludes halogenated alkanes) is 2. The lowest BCUT2D eigenvalue weighted by Crippen LogP contribution is -2.37. The maximum Gasteiger partial charge on any atom is 0.337 e. The van der Waals surface area contributed by atoms with E-state index in [0.717, 1.165) is 48.5 Å². The van der Waals surface area contributed by atoms with E-state index in [1.807, 2.05) is 12.1 Å². The number of ether oxygens (including phenoxy) is 1. The number of amidine groups is 1. The third-order valence-corrected chi connectivity index (χ3v) is 5.60. The Bertz CT molecular complexity index is 918. The van der Waals surface area contributed by atoms with Crippen molar-refractivity contribution in [2.75, 3.05) is 48.4 Å². The van der Waals surface area contributed by atoms with Gasteiger partial charge in [-0.1, -0.05) is 26.7 Å². The molecule has 1 aromatic heterocycles. The molecule has 32 heavy (non-hydrogen) atoms. The van der Waals surface area contributed by atoms with Crippen molar-refractivity contribution in [1.82, 2.24) is 4.98 Å². The fourth-order valence-corrected chi connectivity index (χ4v) is 3.71. The third-order valence-electron chi connectivity index (χ3n) is 5.60. The first kappa shape index (κ1) is 23.6. The Balaban J connectivity index is 1.81. The largest absolute Gasteiger partial charge is 0.465 e. The summed E-state index contributed by atoms with van der Waals surface area (Å²) in [6.07, 6.45) is 4.69. The molecule has 7 nitrogen and oxygen atoms in total. The van der Waals surface area contributed by atoms with Crippen LogP contribution in [-0.2, 0) is 4.74 Å². The molecule has 0 unspecified atom stereocenters. The number of esters is 1. The molecule has 0 saturated heterocycles. The second kappa shape index (κ2) is 11.5. The molecule has 3 rings (SSSR count). The highest BCUT2D eigenvalue weighted by atomic mass is 16.5. The second-order valence-electron chi connectivity index (χ2n) is 7.97. The first-order valence-corrected chi connectivity index (χ1v) is 11.6. The second-order valence-corrected chi connectivity index (χ2v) is 7.97. The minimum Gasteiger partial charge on any atom is -0.465 e. The van der Waals surface area contributed by atoms with Crippen molar-refractivity contribution in [2.24, 2.45) is 4.99 Å². The van der Waals surface area contributed by atoms with Crippen LogP contribution in [0.1, 0.15) is 56.8 Å². The summed E-state index contributed by atoms with van der Waals surface area (Å²) in [5.41, 5.74) is 2.28. The molecule has 0 radical (unpaired) electrons. The quantitative estimate of drug-likeness (QED) is 0.512. The molecule has 0 saturated carbocycles. The molecule has 0 atom stereocenters. The zero-order chi connectivity index (χ0) is 22.9. The predicted molar refractivity (Wildman–Crippen MR) is 133 cm³/mol. The molecule has 1 aliphatic heterocycles. The number of hydrogen-bond acceptors (Lipinski definition) is 7. The number of nitrogens with zero attached hydrogens (tertiary/aromatic N) is 4. The highest BCUT2D eigenvalue weighted by Crippen LogP contribution is 2.33. The van der Waals surface area contributed by atoms with E-state index in [1.54, 1.807) is 12.1 Å². The molecule has 7 heteroatoms. The topological polar surface area (TPSA) is 70.1 Å². The maximum atomic E-state index is 11.6. The van der Waals surface area contributed by atoms with Gasteiger partial charge in [0.25, 0.3) is 0 Å². The molecule has 0 aliphatic carbocycles. The van der Waals surface area contributed by atoms with Crippen LogP contribution in [0, 0.1) is 0 Å². The van der Waals surface area contributed by atoms with Gasteiger partial charge in [-0.2, -0.15) is 0 Å². The van der Waals surface area contributed by atoms with E-state index in [4.69, 9.17) is 14.7 Å². The summed E-state index contributed by atoms with van der Waals surface area (Å²) in [5, 5.41) is 3.38. The monoisotopic (exact) mass is 437 g/mol. The number of likely N-dealkylation sites (N-methyl/N-ethyl adjacent to an activating group) is 1. The summed E-state index contributed by atoms with van der Waals surface area (Å²) in [4.78, 5) is 26.1. The molecule has 1 aliphatic rings. The lowest BCUT2D eigenvalue weighted by Gasteiger charge is -2.31. The summed E-state index contributed by atoms with van der Waals surface area (Å²) in [6.45, 7) is 10.2. The van der Waals surface area contributed by atoms with Gasteiger partial charge in [0.05, 0.1) is 19.2 Å². The van der Waals surface area contributed by atoms with Gasteiger partial charge in [-0.15, -0.1) is 0 Å². The van der Waals surface area contributed by atoms with Gasteiger partial charge >= 0.3 is 5.97 Å². The molecule has 0 bridgehead atoms. The van der Waals surface area contributed by atoms with Gasteiger partial charge < -0.3 is 19.9 Å². The molecular formula is C25H35N5O2. The van der Waals surface area contributed by atoms with Crippen LogP contribution in [0.15, 0.2) is 41.4 Å². The molecular weight excluding hydrogens is 402 g/mol. The normalized spacial score (nSPS) is 12.8. The van der Waals surface area contributed by atoms with Crippen LogP contribution >= 0.6 is 0 Å². The van der Waals surface area contributed by atoms with Gasteiger partial charge in [0.15, 0.2) is 5.82 Å². The zero-order valence-corrected chi connectivity index (χ0v) is 19.7. The lowest BCUT2D eigenvalue weighted by atomic mass is 10.2. The van der Waals surface area contributed by atoms with Crippen LogP contribution in [-0.4, -0.2) is 50.1 Å². The average molecular weight is 438 g/mol. The van der Waals surface area contributed by atoms with E-state index < -0.39 is 0 Å². The Morgan fingerprint density at radius 2 is 1.75 bits per heavy atom. The molecule has 0 spiro atoms. The molecule has 172 valence electrons. The SMILES string of the molecule is CCCCN(CCCC)c1ccc2c(n1)N(CC)CC(Nc1ccc(C(=O)OC)cc1)=N2. The van der Waals surface area contributed by atoms with E-state index in [-0.39, 0.29) is 5.97 Å². The summed E-state index contributed by atoms with van der Waals surface area (Å²) >= 11 is 0. The van der Waals surface area contributed by atoms with Crippen molar-refractivity contribution in [3.8, 4) is 0 Å². The van der Waals surface area contributed by atoms with Gasteiger partial charge in [0.1, 0.15) is 17.3 Å². The number of pyridine rings is 1. The summed E-state index contributed by atoms with van der Waals surface area (Å²) in [7, 11) is 1.38. The number of methoxy groups -OCH3 is 1. The van der Waals surface area contributed by atoms with E-state index >= 15 is 0 Å². The average Bonchev–Trinajstić information content (AvgIpc) is 2.83. The van der Waals surface area contributed by atoms with Crippen LogP contribution in [0.5, 0.6) is 0 Å². The molecule has 2 aromatic rings. The number of benzene rings is 1. The van der Waals surface area contributed by atoms with E-state index in [1.165, 1.54) is 32.8 Å². The Labute approximate surface area is 191 Å². The third kappa shape index (κ3) is 5.78.